The number of nitrogens with two attached hydrogens (primary N) is 1. The fourth-order valence-corrected chi connectivity index (χ4v) is 2.98. The highest BCUT2D eigenvalue weighted by molar-refractivity contribution is 5.60. The molecule has 0 aliphatic heterocycles. The summed E-state index contributed by atoms with van der Waals surface area (Å²) in [5.41, 5.74) is 6.50. The Balaban J connectivity index is 2.31. The second-order valence-corrected chi connectivity index (χ2v) is 5.18. The minimum atomic E-state index is -0.509. The van der Waals surface area contributed by atoms with Gasteiger partial charge in [-0.1, -0.05) is 6.42 Å². The van der Waals surface area contributed by atoms with Gasteiger partial charge in [-0.15, -0.1) is 0 Å². The van der Waals surface area contributed by atoms with Crippen molar-refractivity contribution in [2.24, 2.45) is 11.7 Å². The first-order valence-electron chi connectivity index (χ1n) is 6.70. The van der Waals surface area contributed by atoms with E-state index >= 15 is 0 Å². The van der Waals surface area contributed by atoms with E-state index in [1.54, 1.807) is 6.07 Å². The van der Waals surface area contributed by atoms with Crippen molar-refractivity contribution in [3.63, 3.8) is 0 Å². The Morgan fingerprint density at radius 3 is 2.90 bits per heavy atom. The number of anilines is 1. The predicted molar refractivity (Wildman–Crippen MR) is 76.4 cm³/mol. The molecule has 1 saturated carbocycles. The summed E-state index contributed by atoms with van der Waals surface area (Å²) in [6, 6.07) is 6.91. The summed E-state index contributed by atoms with van der Waals surface area (Å²) in [6.07, 6.45) is 3.28. The quantitative estimate of drug-likeness (QED) is 0.669. The van der Waals surface area contributed by atoms with Crippen molar-refractivity contribution in [1.82, 2.24) is 0 Å². The van der Waals surface area contributed by atoms with Gasteiger partial charge in [-0.2, -0.15) is 5.26 Å². The largest absolute Gasteiger partial charge is 0.371 e. The lowest BCUT2D eigenvalue weighted by molar-refractivity contribution is -0.385. The lowest BCUT2D eigenvalue weighted by Gasteiger charge is -2.31. The number of nitro groups is 1. The zero-order valence-electron chi connectivity index (χ0n) is 11.5. The van der Waals surface area contributed by atoms with Gasteiger partial charge in [0.15, 0.2) is 0 Å². The molecule has 1 aliphatic rings. The van der Waals surface area contributed by atoms with E-state index in [1.807, 2.05) is 13.1 Å². The number of nitro benzene ring substituents is 1. The highest BCUT2D eigenvalue weighted by Gasteiger charge is 2.30. The molecule has 1 aromatic carbocycles. The Kier molecular flexibility index (Phi) is 4.20. The minimum absolute atomic E-state index is 0.0916. The molecule has 0 bridgehead atoms. The highest BCUT2D eigenvalue weighted by atomic mass is 16.6. The van der Waals surface area contributed by atoms with Crippen LogP contribution in [-0.4, -0.2) is 24.6 Å². The van der Waals surface area contributed by atoms with Crippen molar-refractivity contribution in [2.75, 3.05) is 18.5 Å². The number of hydrogen-bond donors (Lipinski definition) is 1. The van der Waals surface area contributed by atoms with Crippen LogP contribution in [0.3, 0.4) is 0 Å². The molecule has 1 aliphatic carbocycles. The SMILES string of the molecule is CN(c1ccc(C#N)c([N+](=O)[O-])c1)C1CCCC1CN. The molecule has 2 N–H and O–H groups in total. The van der Waals surface area contributed by atoms with Crippen molar-refractivity contribution in [3.05, 3.63) is 33.9 Å². The average Bonchev–Trinajstić information content (AvgIpc) is 2.94. The predicted octanol–water partition coefficient (Wildman–Crippen LogP) is 2.03. The van der Waals surface area contributed by atoms with Crippen molar-refractivity contribution in [3.8, 4) is 6.07 Å². The van der Waals surface area contributed by atoms with Gasteiger partial charge in [0.1, 0.15) is 11.6 Å². The maximum absolute atomic E-state index is 11.0. The summed E-state index contributed by atoms with van der Waals surface area (Å²) in [5.74, 6) is 0.426. The zero-order valence-corrected chi connectivity index (χ0v) is 11.5. The molecule has 1 aromatic rings. The van der Waals surface area contributed by atoms with Gasteiger partial charge in [0.05, 0.1) is 4.92 Å². The van der Waals surface area contributed by atoms with Crippen LogP contribution in [0.1, 0.15) is 24.8 Å². The Morgan fingerprint density at radius 1 is 1.55 bits per heavy atom. The van der Waals surface area contributed by atoms with Crippen molar-refractivity contribution in [1.29, 1.82) is 5.26 Å². The molecule has 0 radical (unpaired) electrons. The van der Waals surface area contributed by atoms with E-state index < -0.39 is 4.92 Å². The van der Waals surface area contributed by atoms with Crippen LogP contribution in [0.2, 0.25) is 0 Å². The molecule has 2 unspecified atom stereocenters. The van der Waals surface area contributed by atoms with Crippen LogP contribution in [0, 0.1) is 27.4 Å². The smallest absolute Gasteiger partial charge is 0.289 e. The van der Waals surface area contributed by atoms with Crippen molar-refractivity contribution in [2.45, 2.75) is 25.3 Å². The summed E-state index contributed by atoms with van der Waals surface area (Å²) < 4.78 is 0. The van der Waals surface area contributed by atoms with Gasteiger partial charge in [0.2, 0.25) is 0 Å². The fourth-order valence-electron chi connectivity index (χ4n) is 2.98. The van der Waals surface area contributed by atoms with Gasteiger partial charge in [-0.3, -0.25) is 10.1 Å². The Bertz CT molecular complexity index is 553. The molecule has 0 spiro atoms. The third kappa shape index (κ3) is 2.58. The summed E-state index contributed by atoms with van der Waals surface area (Å²) in [5, 5.41) is 19.9. The van der Waals surface area contributed by atoms with Crippen LogP contribution >= 0.6 is 0 Å². The molecule has 20 heavy (non-hydrogen) atoms. The maximum atomic E-state index is 11.0. The molecule has 0 aromatic heterocycles. The average molecular weight is 274 g/mol. The van der Waals surface area contributed by atoms with E-state index in [0.29, 0.717) is 18.5 Å². The zero-order chi connectivity index (χ0) is 14.7. The van der Waals surface area contributed by atoms with E-state index in [2.05, 4.69) is 4.90 Å². The van der Waals surface area contributed by atoms with Crippen LogP contribution in [0.15, 0.2) is 18.2 Å². The van der Waals surface area contributed by atoms with Crippen LogP contribution in [0.5, 0.6) is 0 Å². The van der Waals surface area contributed by atoms with Gasteiger partial charge in [-0.05, 0) is 37.4 Å². The molecule has 0 saturated heterocycles. The summed E-state index contributed by atoms with van der Waals surface area (Å²) in [4.78, 5) is 12.6. The number of hydrogen-bond acceptors (Lipinski definition) is 5. The molecule has 2 rings (SSSR count). The molecular formula is C14H18N4O2. The molecule has 0 heterocycles. The summed E-state index contributed by atoms with van der Waals surface area (Å²) in [6.45, 7) is 0.632. The summed E-state index contributed by atoms with van der Waals surface area (Å²) in [7, 11) is 1.93. The molecule has 2 atom stereocenters. The number of nitriles is 1. The standard InChI is InChI=1S/C14H18N4O2/c1-17(13-4-2-3-10(13)8-15)12-6-5-11(9-16)14(7-12)18(19)20/h5-7,10,13H,2-4,8,15H2,1H3. The fraction of sp³-hybridized carbons (Fsp3) is 0.500. The van der Waals surface area contributed by atoms with E-state index in [4.69, 9.17) is 11.0 Å². The number of rotatable bonds is 4. The van der Waals surface area contributed by atoms with Crippen molar-refractivity contribution < 1.29 is 4.92 Å². The highest BCUT2D eigenvalue weighted by Crippen LogP contribution is 2.33. The second-order valence-electron chi connectivity index (χ2n) is 5.18. The van der Waals surface area contributed by atoms with Gasteiger partial charge in [-0.25, -0.2) is 0 Å². The number of nitrogens with zero attached hydrogens (tertiary/aromatic N) is 3. The first kappa shape index (κ1) is 14.3. The minimum Gasteiger partial charge on any atom is -0.371 e. The third-order valence-corrected chi connectivity index (χ3v) is 4.12. The topological polar surface area (TPSA) is 96.2 Å². The monoisotopic (exact) mass is 274 g/mol. The van der Waals surface area contributed by atoms with Gasteiger partial charge >= 0.3 is 0 Å². The Hall–Kier alpha value is -2.13. The molecule has 6 heteroatoms. The van der Waals surface area contributed by atoms with Gasteiger partial charge < -0.3 is 10.6 Å². The summed E-state index contributed by atoms with van der Waals surface area (Å²) >= 11 is 0. The van der Waals surface area contributed by atoms with Crippen LogP contribution in [0.4, 0.5) is 11.4 Å². The normalized spacial score (nSPS) is 21.4. The lowest BCUT2D eigenvalue weighted by atomic mass is 10.0. The molecule has 1 fully saturated rings. The Labute approximate surface area is 117 Å². The van der Waals surface area contributed by atoms with Crippen LogP contribution in [0.25, 0.3) is 0 Å². The molecule has 6 nitrogen and oxygen atoms in total. The Morgan fingerprint density at radius 2 is 2.30 bits per heavy atom. The molecular weight excluding hydrogens is 256 g/mol. The molecule has 106 valence electrons. The van der Waals surface area contributed by atoms with Crippen LogP contribution < -0.4 is 10.6 Å². The lowest BCUT2D eigenvalue weighted by Crippen LogP contribution is -2.37. The maximum Gasteiger partial charge on any atom is 0.289 e. The first-order chi connectivity index (χ1) is 9.58. The van der Waals surface area contributed by atoms with E-state index in [0.717, 1.165) is 24.9 Å². The van der Waals surface area contributed by atoms with E-state index in [-0.39, 0.29) is 11.3 Å². The molecule has 0 amide bonds. The van der Waals surface area contributed by atoms with E-state index in [1.165, 1.54) is 12.1 Å². The van der Waals surface area contributed by atoms with E-state index in [9.17, 15) is 10.1 Å². The third-order valence-electron chi connectivity index (χ3n) is 4.12. The number of benzene rings is 1. The van der Waals surface area contributed by atoms with Gasteiger partial charge in [0.25, 0.3) is 5.69 Å². The second kappa shape index (κ2) is 5.88. The van der Waals surface area contributed by atoms with Crippen molar-refractivity contribution >= 4 is 11.4 Å². The first-order valence-corrected chi connectivity index (χ1v) is 6.70. The van der Waals surface area contributed by atoms with Gasteiger partial charge in [0, 0.05) is 24.8 Å². The van der Waals surface area contributed by atoms with Crippen LogP contribution in [-0.2, 0) is 0 Å².